The van der Waals surface area contributed by atoms with Gasteiger partial charge in [0.15, 0.2) is 5.82 Å². The summed E-state index contributed by atoms with van der Waals surface area (Å²) in [6.07, 6.45) is 3.77. The van der Waals surface area contributed by atoms with Gasteiger partial charge >= 0.3 is 0 Å². The van der Waals surface area contributed by atoms with Crippen molar-refractivity contribution in [3.05, 3.63) is 41.5 Å². The van der Waals surface area contributed by atoms with E-state index in [0.717, 1.165) is 35.1 Å². The molecule has 0 aliphatic carbocycles. The van der Waals surface area contributed by atoms with E-state index in [1.807, 2.05) is 48.2 Å². The van der Waals surface area contributed by atoms with E-state index in [4.69, 9.17) is 10.3 Å². The molecule has 0 spiro atoms. The summed E-state index contributed by atoms with van der Waals surface area (Å²) < 4.78 is 5.30. The van der Waals surface area contributed by atoms with Gasteiger partial charge in [-0.3, -0.25) is 4.90 Å². The van der Waals surface area contributed by atoms with Crippen molar-refractivity contribution in [2.45, 2.75) is 6.04 Å². The second-order valence-electron chi connectivity index (χ2n) is 5.06. The normalized spacial score (nSPS) is 20.1. The van der Waals surface area contributed by atoms with Crippen LogP contribution in [0, 0.1) is 0 Å². The van der Waals surface area contributed by atoms with Crippen LogP contribution in [0.15, 0.2) is 28.8 Å². The van der Waals surface area contributed by atoms with E-state index in [0.29, 0.717) is 5.89 Å². The van der Waals surface area contributed by atoms with E-state index in [9.17, 15) is 0 Å². The number of hydrogen-bond acceptors (Lipinski definition) is 6. The van der Waals surface area contributed by atoms with Gasteiger partial charge in [0.1, 0.15) is 0 Å². The summed E-state index contributed by atoms with van der Waals surface area (Å²) in [6.45, 7) is 1.06. The molecule has 6 heteroatoms. The van der Waals surface area contributed by atoms with Gasteiger partial charge in [-0.25, -0.2) is 0 Å². The molecule has 3 rings (SSSR count). The molecule has 1 saturated heterocycles. The molecule has 1 unspecified atom stereocenters. The van der Waals surface area contributed by atoms with Crippen molar-refractivity contribution in [1.82, 2.24) is 15.0 Å². The lowest BCUT2D eigenvalue weighted by Gasteiger charge is -2.29. The number of nitrogens with zero attached hydrogens (tertiary/aromatic N) is 3. The van der Waals surface area contributed by atoms with Gasteiger partial charge in [0.2, 0.25) is 0 Å². The van der Waals surface area contributed by atoms with Crippen LogP contribution >= 0.6 is 11.8 Å². The molecule has 5 nitrogen and oxygen atoms in total. The fourth-order valence-corrected chi connectivity index (χ4v) is 3.39. The molecule has 0 saturated carbocycles. The number of rotatable bonds is 3. The minimum absolute atomic E-state index is 0.242. The lowest BCUT2D eigenvalue weighted by atomic mass is 10.2. The summed E-state index contributed by atoms with van der Waals surface area (Å²) in [6, 6.07) is 7.88. The minimum Gasteiger partial charge on any atom is -0.399 e. The van der Waals surface area contributed by atoms with E-state index in [1.165, 1.54) is 0 Å². The molecular weight excluding hydrogens is 284 g/mol. The maximum atomic E-state index is 5.66. The van der Waals surface area contributed by atoms with Gasteiger partial charge in [-0.1, -0.05) is 17.3 Å². The van der Waals surface area contributed by atoms with Crippen LogP contribution in [-0.4, -0.2) is 40.1 Å². The molecule has 1 fully saturated rings. The van der Waals surface area contributed by atoms with Gasteiger partial charge < -0.3 is 10.3 Å². The molecule has 1 aliphatic rings. The average molecular weight is 302 g/mol. The van der Waals surface area contributed by atoms with Crippen LogP contribution in [0.2, 0.25) is 0 Å². The molecule has 0 bridgehead atoms. The number of nitrogens with two attached hydrogens (primary N) is 1. The Morgan fingerprint density at radius 3 is 2.90 bits per heavy atom. The molecule has 110 valence electrons. The highest BCUT2D eigenvalue weighted by Crippen LogP contribution is 2.26. The Morgan fingerprint density at radius 2 is 2.14 bits per heavy atom. The Kier molecular flexibility index (Phi) is 4.26. The second-order valence-corrected chi connectivity index (χ2v) is 6.21. The molecule has 1 aromatic carbocycles. The number of aromatic nitrogens is 2. The number of anilines is 1. The number of nitrogen functional groups attached to an aromatic ring is 1. The van der Waals surface area contributed by atoms with Crippen molar-refractivity contribution in [3.8, 4) is 0 Å². The van der Waals surface area contributed by atoms with Crippen molar-refractivity contribution >= 4 is 29.6 Å². The SMILES string of the molecule is CN1CCSCC1c1noc(/C=C/c2ccc(N)cc2)n1. The van der Waals surface area contributed by atoms with Crippen molar-refractivity contribution in [2.24, 2.45) is 0 Å². The largest absolute Gasteiger partial charge is 0.399 e. The third-order valence-electron chi connectivity index (χ3n) is 3.51. The average Bonchev–Trinajstić information content (AvgIpc) is 2.96. The quantitative estimate of drug-likeness (QED) is 0.879. The monoisotopic (exact) mass is 302 g/mol. The van der Waals surface area contributed by atoms with Gasteiger partial charge in [-0.15, -0.1) is 0 Å². The Bertz CT molecular complexity index is 623. The van der Waals surface area contributed by atoms with Crippen molar-refractivity contribution < 1.29 is 4.52 Å². The lowest BCUT2D eigenvalue weighted by Crippen LogP contribution is -2.33. The summed E-state index contributed by atoms with van der Waals surface area (Å²) in [5.74, 6) is 3.47. The van der Waals surface area contributed by atoms with Crippen molar-refractivity contribution in [3.63, 3.8) is 0 Å². The Hall–Kier alpha value is -1.79. The van der Waals surface area contributed by atoms with Crippen LogP contribution in [0.3, 0.4) is 0 Å². The first-order valence-corrected chi connectivity index (χ1v) is 8.03. The fraction of sp³-hybridized carbons (Fsp3) is 0.333. The predicted molar refractivity (Wildman–Crippen MR) is 86.8 cm³/mol. The number of benzene rings is 1. The summed E-state index contributed by atoms with van der Waals surface area (Å²) >= 11 is 1.93. The smallest absolute Gasteiger partial charge is 0.250 e. The Balaban J connectivity index is 1.71. The zero-order chi connectivity index (χ0) is 14.7. The predicted octanol–water partition coefficient (Wildman–Crippen LogP) is 2.54. The van der Waals surface area contributed by atoms with Gasteiger partial charge in [-0.2, -0.15) is 16.7 Å². The Labute approximate surface area is 128 Å². The standard InChI is InChI=1S/C15H18N4OS/c1-19-8-9-21-10-13(19)15-17-14(20-18-15)7-4-11-2-5-12(16)6-3-11/h2-7,13H,8-10,16H2,1H3/b7-4+. The van der Waals surface area contributed by atoms with Gasteiger partial charge in [0, 0.05) is 29.8 Å². The van der Waals surface area contributed by atoms with E-state index in [-0.39, 0.29) is 6.04 Å². The van der Waals surface area contributed by atoms with Crippen LogP contribution in [-0.2, 0) is 0 Å². The molecule has 0 amide bonds. The number of hydrogen-bond donors (Lipinski definition) is 1. The summed E-state index contributed by atoms with van der Waals surface area (Å²) in [5.41, 5.74) is 7.47. The minimum atomic E-state index is 0.242. The molecule has 1 atom stereocenters. The van der Waals surface area contributed by atoms with Gasteiger partial charge in [0.05, 0.1) is 6.04 Å². The molecule has 2 heterocycles. The van der Waals surface area contributed by atoms with Crippen LogP contribution in [0.25, 0.3) is 12.2 Å². The molecule has 1 aromatic heterocycles. The zero-order valence-corrected chi connectivity index (χ0v) is 12.7. The van der Waals surface area contributed by atoms with E-state index < -0.39 is 0 Å². The highest BCUT2D eigenvalue weighted by Gasteiger charge is 2.25. The Morgan fingerprint density at radius 1 is 1.33 bits per heavy atom. The highest BCUT2D eigenvalue weighted by atomic mass is 32.2. The topological polar surface area (TPSA) is 68.2 Å². The van der Waals surface area contributed by atoms with Crippen LogP contribution in [0.4, 0.5) is 5.69 Å². The fourth-order valence-electron chi connectivity index (χ4n) is 2.18. The highest BCUT2D eigenvalue weighted by molar-refractivity contribution is 7.99. The first kappa shape index (κ1) is 14.2. The lowest BCUT2D eigenvalue weighted by molar-refractivity contribution is 0.257. The molecular formula is C15H18N4OS. The maximum absolute atomic E-state index is 5.66. The summed E-state index contributed by atoms with van der Waals surface area (Å²) in [5, 5.41) is 4.10. The van der Waals surface area contributed by atoms with E-state index >= 15 is 0 Å². The maximum Gasteiger partial charge on any atom is 0.250 e. The third-order valence-corrected chi connectivity index (χ3v) is 4.53. The molecule has 21 heavy (non-hydrogen) atoms. The van der Waals surface area contributed by atoms with Crippen molar-refractivity contribution in [1.29, 1.82) is 0 Å². The number of thioether (sulfide) groups is 1. The molecule has 2 N–H and O–H groups in total. The van der Waals surface area contributed by atoms with Crippen LogP contribution < -0.4 is 5.73 Å². The third kappa shape index (κ3) is 3.46. The first-order valence-electron chi connectivity index (χ1n) is 6.87. The van der Waals surface area contributed by atoms with Crippen LogP contribution in [0.5, 0.6) is 0 Å². The second kappa shape index (κ2) is 6.32. The van der Waals surface area contributed by atoms with Crippen molar-refractivity contribution in [2.75, 3.05) is 30.8 Å². The van der Waals surface area contributed by atoms with Gasteiger partial charge in [-0.05, 0) is 30.8 Å². The molecule has 0 radical (unpaired) electrons. The van der Waals surface area contributed by atoms with E-state index in [1.54, 1.807) is 0 Å². The molecule has 2 aromatic rings. The summed E-state index contributed by atoms with van der Waals surface area (Å²) in [7, 11) is 2.10. The summed E-state index contributed by atoms with van der Waals surface area (Å²) in [4.78, 5) is 6.75. The van der Waals surface area contributed by atoms with Crippen LogP contribution in [0.1, 0.15) is 23.3 Å². The first-order chi connectivity index (χ1) is 10.2. The molecule has 1 aliphatic heterocycles. The zero-order valence-electron chi connectivity index (χ0n) is 11.9. The van der Waals surface area contributed by atoms with E-state index in [2.05, 4.69) is 22.1 Å². The van der Waals surface area contributed by atoms with Gasteiger partial charge in [0.25, 0.3) is 5.89 Å².